The van der Waals surface area contributed by atoms with Gasteiger partial charge in [-0.25, -0.2) is 0 Å². The van der Waals surface area contributed by atoms with Crippen LogP contribution in [-0.2, 0) is 14.9 Å². The van der Waals surface area contributed by atoms with E-state index >= 15 is 0 Å². The number of para-hydroxylation sites is 1. The first-order chi connectivity index (χ1) is 15.9. The average molecular weight is 448 g/mol. The molecule has 3 aromatic rings. The molecule has 0 bridgehead atoms. The minimum Gasteiger partial charge on any atom is -0.379 e. The molecule has 1 saturated heterocycles. The molecule has 4 rings (SSSR count). The molecule has 0 aliphatic carbocycles. The third-order valence-electron chi connectivity index (χ3n) is 6.64. The fraction of sp³-hybridized carbons (Fsp3) is 0.464. The van der Waals surface area contributed by atoms with Gasteiger partial charge in [0.05, 0.1) is 13.2 Å². The maximum atomic E-state index is 13.0. The number of nitrogens with one attached hydrogen (secondary N) is 2. The van der Waals surface area contributed by atoms with Crippen molar-refractivity contribution >= 4 is 16.8 Å². The highest BCUT2D eigenvalue weighted by molar-refractivity contribution is 5.86. The number of carbonyl (C=O) groups is 1. The number of hydrogen-bond acceptors (Lipinski definition) is 3. The van der Waals surface area contributed by atoms with Gasteiger partial charge in [0.1, 0.15) is 0 Å². The predicted octanol–water partition coefficient (Wildman–Crippen LogP) is 4.83. The van der Waals surface area contributed by atoms with E-state index in [4.69, 9.17) is 4.74 Å². The Kier molecular flexibility index (Phi) is 7.51. The molecule has 2 N–H and O–H groups in total. The molecule has 1 aliphatic heterocycles. The number of ether oxygens (including phenoxy) is 1. The van der Waals surface area contributed by atoms with Crippen LogP contribution >= 0.6 is 0 Å². The summed E-state index contributed by atoms with van der Waals surface area (Å²) in [5.41, 5.74) is 4.87. The maximum absolute atomic E-state index is 13.0. The molecule has 0 unspecified atom stereocenters. The molecule has 0 spiro atoms. The summed E-state index contributed by atoms with van der Waals surface area (Å²) >= 11 is 0. The highest BCUT2D eigenvalue weighted by Gasteiger charge is 2.22. The lowest BCUT2D eigenvalue weighted by atomic mass is 9.83. The van der Waals surface area contributed by atoms with Crippen LogP contribution in [0.4, 0.5) is 0 Å². The van der Waals surface area contributed by atoms with Crippen LogP contribution in [0.15, 0.2) is 54.7 Å². The summed E-state index contributed by atoms with van der Waals surface area (Å²) in [7, 11) is 0. The number of H-pyrrole nitrogens is 1. The lowest BCUT2D eigenvalue weighted by Crippen LogP contribution is -2.38. The number of benzene rings is 2. The van der Waals surface area contributed by atoms with Crippen LogP contribution in [0.2, 0.25) is 0 Å². The van der Waals surface area contributed by atoms with Crippen LogP contribution in [0.25, 0.3) is 10.9 Å². The van der Waals surface area contributed by atoms with Crippen molar-refractivity contribution in [3.63, 3.8) is 0 Å². The van der Waals surface area contributed by atoms with E-state index in [1.807, 2.05) is 6.07 Å². The third-order valence-corrected chi connectivity index (χ3v) is 6.64. The third kappa shape index (κ3) is 6.04. The Balaban J connectivity index is 1.46. The summed E-state index contributed by atoms with van der Waals surface area (Å²) in [5, 5.41) is 4.34. The highest BCUT2D eigenvalue weighted by Crippen LogP contribution is 2.34. The van der Waals surface area contributed by atoms with Crippen molar-refractivity contribution in [2.24, 2.45) is 0 Å². The number of aromatic amines is 1. The first kappa shape index (κ1) is 23.5. The first-order valence-corrected chi connectivity index (χ1v) is 12.1. The molecule has 1 aliphatic rings. The Morgan fingerprint density at radius 2 is 1.82 bits per heavy atom. The Morgan fingerprint density at radius 3 is 2.55 bits per heavy atom. The highest BCUT2D eigenvalue weighted by atomic mass is 16.5. The molecular formula is C28H37N3O2. The summed E-state index contributed by atoms with van der Waals surface area (Å²) in [6, 6.07) is 17.1. The second kappa shape index (κ2) is 10.5. The quantitative estimate of drug-likeness (QED) is 0.487. The lowest BCUT2D eigenvalue weighted by molar-refractivity contribution is -0.121. The van der Waals surface area contributed by atoms with Crippen LogP contribution in [0.5, 0.6) is 0 Å². The zero-order valence-electron chi connectivity index (χ0n) is 20.2. The van der Waals surface area contributed by atoms with Crippen LogP contribution in [0.1, 0.15) is 56.2 Å². The van der Waals surface area contributed by atoms with Gasteiger partial charge in [-0.15, -0.1) is 0 Å². The minimum atomic E-state index is 0.00871. The van der Waals surface area contributed by atoms with Crippen molar-refractivity contribution in [2.75, 3.05) is 39.4 Å². The molecule has 5 heteroatoms. The maximum Gasteiger partial charge on any atom is 0.220 e. The summed E-state index contributed by atoms with van der Waals surface area (Å²) < 4.78 is 5.41. The Morgan fingerprint density at radius 1 is 1.09 bits per heavy atom. The number of fused-ring (bicyclic) bond motifs is 1. The van der Waals surface area contributed by atoms with Crippen molar-refractivity contribution in [3.05, 3.63) is 71.4 Å². The molecule has 2 heterocycles. The summed E-state index contributed by atoms with van der Waals surface area (Å²) in [4.78, 5) is 18.8. The number of carbonyl (C=O) groups excluding carboxylic acids is 1. The van der Waals surface area contributed by atoms with Crippen molar-refractivity contribution in [1.82, 2.24) is 15.2 Å². The van der Waals surface area contributed by atoms with Crippen molar-refractivity contribution in [3.8, 4) is 0 Å². The van der Waals surface area contributed by atoms with Crippen LogP contribution in [-0.4, -0.2) is 55.2 Å². The van der Waals surface area contributed by atoms with Gasteiger partial charge in [-0.2, -0.15) is 0 Å². The average Bonchev–Trinajstić information content (AvgIpc) is 3.24. The normalized spacial score (nSPS) is 16.1. The topological polar surface area (TPSA) is 57.4 Å². The van der Waals surface area contributed by atoms with E-state index in [1.165, 1.54) is 22.1 Å². The first-order valence-electron chi connectivity index (χ1n) is 12.1. The summed E-state index contributed by atoms with van der Waals surface area (Å²) in [5.74, 6) is 0.113. The van der Waals surface area contributed by atoms with Gasteiger partial charge in [0.2, 0.25) is 5.91 Å². The van der Waals surface area contributed by atoms with Crippen LogP contribution < -0.4 is 5.32 Å². The number of hydrogen-bond donors (Lipinski definition) is 2. The van der Waals surface area contributed by atoms with E-state index in [9.17, 15) is 4.79 Å². The van der Waals surface area contributed by atoms with Crippen LogP contribution in [0.3, 0.4) is 0 Å². The molecule has 5 nitrogen and oxygen atoms in total. The fourth-order valence-electron chi connectivity index (χ4n) is 4.62. The molecule has 176 valence electrons. The minimum absolute atomic E-state index is 0.00871. The fourth-order valence-corrected chi connectivity index (χ4v) is 4.62. The molecule has 1 amide bonds. The lowest BCUT2D eigenvalue weighted by Gasteiger charge is -2.26. The van der Waals surface area contributed by atoms with E-state index in [-0.39, 0.29) is 17.2 Å². The van der Waals surface area contributed by atoms with Crippen LogP contribution in [0, 0.1) is 0 Å². The van der Waals surface area contributed by atoms with E-state index in [0.29, 0.717) is 13.0 Å². The molecule has 1 atom stereocenters. The number of morpholine rings is 1. The van der Waals surface area contributed by atoms with Gasteiger partial charge in [-0.1, -0.05) is 63.2 Å². The SMILES string of the molecule is CC(C)(C)c1ccc([C@H](CC(=O)NCCCN2CCOCC2)c2c[nH]c3ccccc23)cc1. The Labute approximate surface area is 197 Å². The molecular weight excluding hydrogens is 410 g/mol. The predicted molar refractivity (Wildman–Crippen MR) is 135 cm³/mol. The molecule has 33 heavy (non-hydrogen) atoms. The van der Waals surface area contributed by atoms with E-state index in [0.717, 1.165) is 44.8 Å². The van der Waals surface area contributed by atoms with Gasteiger partial charge in [0.25, 0.3) is 0 Å². The monoisotopic (exact) mass is 447 g/mol. The van der Waals surface area contributed by atoms with Crippen molar-refractivity contribution < 1.29 is 9.53 Å². The molecule has 0 saturated carbocycles. The molecule has 0 radical (unpaired) electrons. The summed E-state index contributed by atoms with van der Waals surface area (Å²) in [6.45, 7) is 12.0. The number of aromatic nitrogens is 1. The Hall–Kier alpha value is -2.63. The number of rotatable bonds is 8. The zero-order valence-corrected chi connectivity index (χ0v) is 20.2. The van der Waals surface area contributed by atoms with E-state index in [1.54, 1.807) is 0 Å². The van der Waals surface area contributed by atoms with Crippen molar-refractivity contribution in [2.45, 2.75) is 44.9 Å². The standard InChI is InChI=1S/C28H37N3O2/c1-28(2,3)22-11-9-21(10-12-22)24(25-20-30-26-8-5-4-7-23(25)26)19-27(32)29-13-6-14-31-15-17-33-18-16-31/h4-5,7-12,20,24,30H,6,13-19H2,1-3H3,(H,29,32)/t24-/m0/s1. The smallest absolute Gasteiger partial charge is 0.220 e. The van der Waals surface area contributed by atoms with Gasteiger partial charge in [-0.05, 0) is 41.1 Å². The van der Waals surface area contributed by atoms with E-state index < -0.39 is 0 Å². The molecule has 1 fully saturated rings. The summed E-state index contributed by atoms with van der Waals surface area (Å²) in [6.07, 6.45) is 3.47. The van der Waals surface area contributed by atoms with Gasteiger partial charge >= 0.3 is 0 Å². The largest absolute Gasteiger partial charge is 0.379 e. The molecule has 1 aromatic heterocycles. The van der Waals surface area contributed by atoms with Gasteiger partial charge in [0.15, 0.2) is 0 Å². The van der Waals surface area contributed by atoms with Gasteiger partial charge in [-0.3, -0.25) is 9.69 Å². The van der Waals surface area contributed by atoms with E-state index in [2.05, 4.69) is 84.6 Å². The number of amides is 1. The molecule has 2 aromatic carbocycles. The zero-order chi connectivity index (χ0) is 23.3. The van der Waals surface area contributed by atoms with Gasteiger partial charge < -0.3 is 15.0 Å². The second-order valence-electron chi connectivity index (χ2n) is 10.1. The van der Waals surface area contributed by atoms with Crippen molar-refractivity contribution in [1.29, 1.82) is 0 Å². The van der Waals surface area contributed by atoms with Gasteiger partial charge in [0, 0.05) is 49.1 Å². The second-order valence-corrected chi connectivity index (χ2v) is 10.1. The Bertz CT molecular complexity index is 1040. The number of nitrogens with zero attached hydrogens (tertiary/aromatic N) is 1.